The number of hydrogen-bond donors (Lipinski definition) is 1. The van der Waals surface area contributed by atoms with Gasteiger partial charge in [-0.1, -0.05) is 35.9 Å². The third-order valence-electron chi connectivity index (χ3n) is 4.51. The maximum absolute atomic E-state index is 12.4. The molecule has 1 heterocycles. The number of fused-ring (bicyclic) bond motifs is 1. The molecule has 1 amide bonds. The smallest absolute Gasteiger partial charge is 0.321 e. The number of carbonyl (C=O) groups is 2. The van der Waals surface area contributed by atoms with Gasteiger partial charge in [0, 0.05) is 12.2 Å². The van der Waals surface area contributed by atoms with Crippen LogP contribution in [0, 0.1) is 6.92 Å². The van der Waals surface area contributed by atoms with Crippen molar-refractivity contribution in [2.24, 2.45) is 0 Å². The van der Waals surface area contributed by atoms with Crippen LogP contribution in [0.2, 0.25) is 0 Å². The average molecular weight is 402 g/mol. The highest BCUT2D eigenvalue weighted by Crippen LogP contribution is 2.26. The van der Waals surface area contributed by atoms with Crippen LogP contribution in [0.3, 0.4) is 0 Å². The molecule has 0 aromatic heterocycles. The van der Waals surface area contributed by atoms with Crippen LogP contribution < -0.4 is 9.62 Å². The lowest BCUT2D eigenvalue weighted by Crippen LogP contribution is -2.39. The lowest BCUT2D eigenvalue weighted by molar-refractivity contribution is -0.146. The predicted octanol–water partition coefficient (Wildman–Crippen LogP) is 1.80. The summed E-state index contributed by atoms with van der Waals surface area (Å²) >= 11 is 0. The second kappa shape index (κ2) is 8.53. The maximum atomic E-state index is 12.4. The van der Waals surface area contributed by atoms with Crippen molar-refractivity contribution >= 4 is 27.6 Å². The SMILES string of the molecule is Cc1ccc(S(=O)(=O)NCC(=O)OCC(=O)N2CCCc3ccccc32)cc1. The van der Waals surface area contributed by atoms with Crippen molar-refractivity contribution < 1.29 is 22.7 Å². The topological polar surface area (TPSA) is 92.8 Å². The number of nitrogens with zero attached hydrogens (tertiary/aromatic N) is 1. The molecule has 2 aromatic carbocycles. The molecule has 3 rings (SSSR count). The normalized spacial score (nSPS) is 13.7. The van der Waals surface area contributed by atoms with Gasteiger partial charge in [0.25, 0.3) is 5.91 Å². The number of anilines is 1. The van der Waals surface area contributed by atoms with Gasteiger partial charge in [0.05, 0.1) is 4.90 Å². The average Bonchev–Trinajstić information content (AvgIpc) is 2.70. The van der Waals surface area contributed by atoms with Gasteiger partial charge >= 0.3 is 5.97 Å². The Morgan fingerprint density at radius 1 is 1.11 bits per heavy atom. The van der Waals surface area contributed by atoms with Crippen molar-refractivity contribution in [3.63, 3.8) is 0 Å². The quantitative estimate of drug-likeness (QED) is 0.744. The van der Waals surface area contributed by atoms with Crippen molar-refractivity contribution in [1.82, 2.24) is 4.72 Å². The summed E-state index contributed by atoms with van der Waals surface area (Å²) in [4.78, 5) is 26.0. The Labute approximate surface area is 164 Å². The van der Waals surface area contributed by atoms with E-state index in [9.17, 15) is 18.0 Å². The summed E-state index contributed by atoms with van der Waals surface area (Å²) in [5, 5.41) is 0. The minimum atomic E-state index is -3.82. The summed E-state index contributed by atoms with van der Waals surface area (Å²) in [5.74, 6) is -1.14. The fourth-order valence-corrected chi connectivity index (χ4v) is 3.99. The van der Waals surface area contributed by atoms with Gasteiger partial charge in [-0.3, -0.25) is 9.59 Å². The Hall–Kier alpha value is -2.71. The Morgan fingerprint density at radius 2 is 1.82 bits per heavy atom. The van der Waals surface area contributed by atoms with E-state index < -0.39 is 29.1 Å². The minimum Gasteiger partial charge on any atom is -0.455 e. The first-order valence-electron chi connectivity index (χ1n) is 8.97. The van der Waals surface area contributed by atoms with Crippen LogP contribution in [0.15, 0.2) is 53.4 Å². The molecule has 0 unspecified atom stereocenters. The molecule has 0 atom stereocenters. The van der Waals surface area contributed by atoms with Crippen LogP contribution in [0.1, 0.15) is 17.5 Å². The van der Waals surface area contributed by atoms with Gasteiger partial charge in [0.1, 0.15) is 6.54 Å². The second-order valence-electron chi connectivity index (χ2n) is 6.58. The monoisotopic (exact) mass is 402 g/mol. The van der Waals surface area contributed by atoms with E-state index in [0.717, 1.165) is 29.7 Å². The Bertz CT molecular complexity index is 970. The Kier molecular flexibility index (Phi) is 6.11. The van der Waals surface area contributed by atoms with E-state index >= 15 is 0 Å². The maximum Gasteiger partial charge on any atom is 0.321 e. The summed E-state index contributed by atoms with van der Waals surface area (Å²) in [6, 6.07) is 13.9. The summed E-state index contributed by atoms with van der Waals surface area (Å²) in [6.45, 7) is 1.44. The van der Waals surface area contributed by atoms with Crippen LogP contribution in [-0.4, -0.2) is 40.0 Å². The molecule has 0 aliphatic carbocycles. The molecule has 0 spiro atoms. The van der Waals surface area contributed by atoms with Gasteiger partial charge in [-0.2, -0.15) is 4.72 Å². The number of sulfonamides is 1. The summed E-state index contributed by atoms with van der Waals surface area (Å²) in [7, 11) is -3.82. The van der Waals surface area contributed by atoms with Crippen molar-refractivity contribution in [1.29, 1.82) is 0 Å². The fourth-order valence-electron chi connectivity index (χ4n) is 3.02. The van der Waals surface area contributed by atoms with Gasteiger partial charge in [-0.15, -0.1) is 0 Å². The molecule has 8 heteroatoms. The molecule has 148 valence electrons. The highest BCUT2D eigenvalue weighted by molar-refractivity contribution is 7.89. The molecule has 0 saturated heterocycles. The highest BCUT2D eigenvalue weighted by atomic mass is 32.2. The molecule has 7 nitrogen and oxygen atoms in total. The van der Waals surface area contributed by atoms with Crippen LogP contribution in [0.4, 0.5) is 5.69 Å². The van der Waals surface area contributed by atoms with Gasteiger partial charge in [0.15, 0.2) is 6.61 Å². The van der Waals surface area contributed by atoms with Gasteiger partial charge in [-0.05, 0) is 43.5 Å². The van der Waals surface area contributed by atoms with Crippen molar-refractivity contribution in [3.8, 4) is 0 Å². The Morgan fingerprint density at radius 3 is 2.57 bits per heavy atom. The zero-order chi connectivity index (χ0) is 20.1. The molecule has 1 aliphatic rings. The van der Waals surface area contributed by atoms with E-state index in [-0.39, 0.29) is 10.8 Å². The van der Waals surface area contributed by atoms with Crippen molar-refractivity contribution in [2.45, 2.75) is 24.7 Å². The number of ether oxygens (including phenoxy) is 1. The predicted molar refractivity (Wildman–Crippen MR) is 104 cm³/mol. The van der Waals surface area contributed by atoms with Gasteiger partial charge < -0.3 is 9.64 Å². The standard InChI is InChI=1S/C20H22N2O5S/c1-15-8-10-17(11-9-15)28(25,26)21-13-20(24)27-14-19(23)22-12-4-6-16-5-2-3-7-18(16)22/h2-3,5,7-11,21H,4,6,12-14H2,1H3. The molecule has 1 aliphatic heterocycles. The number of esters is 1. The van der Waals surface area contributed by atoms with E-state index in [2.05, 4.69) is 4.72 Å². The van der Waals surface area contributed by atoms with Crippen LogP contribution in [0.25, 0.3) is 0 Å². The van der Waals surface area contributed by atoms with Crippen LogP contribution in [0.5, 0.6) is 0 Å². The summed E-state index contributed by atoms with van der Waals surface area (Å²) < 4.78 is 31.5. The zero-order valence-corrected chi connectivity index (χ0v) is 16.4. The zero-order valence-electron chi connectivity index (χ0n) is 15.6. The molecule has 1 N–H and O–H groups in total. The van der Waals surface area contributed by atoms with Crippen molar-refractivity contribution in [2.75, 3.05) is 24.6 Å². The highest BCUT2D eigenvalue weighted by Gasteiger charge is 2.23. The summed E-state index contributed by atoms with van der Waals surface area (Å²) in [5.41, 5.74) is 2.84. The lowest BCUT2D eigenvalue weighted by atomic mass is 10.0. The number of hydrogen-bond acceptors (Lipinski definition) is 5. The molecule has 2 aromatic rings. The van der Waals surface area contributed by atoms with E-state index in [4.69, 9.17) is 4.74 Å². The minimum absolute atomic E-state index is 0.0619. The molecular formula is C20H22N2O5S. The first-order chi connectivity index (χ1) is 13.4. The number of carbonyl (C=O) groups excluding carboxylic acids is 2. The first kappa shape index (κ1) is 20.0. The molecule has 0 radical (unpaired) electrons. The fraction of sp³-hybridized carbons (Fsp3) is 0.300. The van der Waals surface area contributed by atoms with Gasteiger partial charge in [-0.25, -0.2) is 8.42 Å². The molecule has 0 fully saturated rings. The largest absolute Gasteiger partial charge is 0.455 e. The number of aryl methyl sites for hydroxylation is 2. The third-order valence-corrected chi connectivity index (χ3v) is 5.92. The van der Waals surface area contributed by atoms with E-state index in [0.29, 0.717) is 6.54 Å². The van der Waals surface area contributed by atoms with Crippen molar-refractivity contribution in [3.05, 3.63) is 59.7 Å². The van der Waals surface area contributed by atoms with Crippen LogP contribution in [-0.2, 0) is 30.8 Å². The summed E-state index contributed by atoms with van der Waals surface area (Å²) in [6.07, 6.45) is 1.74. The third kappa shape index (κ3) is 4.76. The second-order valence-corrected chi connectivity index (χ2v) is 8.34. The molecule has 28 heavy (non-hydrogen) atoms. The number of benzene rings is 2. The van der Waals surface area contributed by atoms with Crippen LogP contribution >= 0.6 is 0 Å². The Balaban J connectivity index is 1.52. The number of para-hydroxylation sites is 1. The van der Waals surface area contributed by atoms with E-state index in [1.807, 2.05) is 31.2 Å². The molecule has 0 bridgehead atoms. The lowest BCUT2D eigenvalue weighted by Gasteiger charge is -2.29. The molecule has 0 saturated carbocycles. The van der Waals surface area contributed by atoms with Gasteiger partial charge in [0.2, 0.25) is 10.0 Å². The molecular weight excluding hydrogens is 380 g/mol. The van der Waals surface area contributed by atoms with E-state index in [1.165, 1.54) is 12.1 Å². The van der Waals surface area contributed by atoms with E-state index in [1.54, 1.807) is 17.0 Å². The number of nitrogens with one attached hydrogen (secondary N) is 1. The number of amides is 1. The number of rotatable bonds is 6. The first-order valence-corrected chi connectivity index (χ1v) is 10.5.